The molecular weight excluding hydrogens is 424 g/mol. The van der Waals surface area contributed by atoms with Crippen LogP contribution >= 0.6 is 0 Å². The number of benzene rings is 3. The normalized spacial score (nSPS) is 12.2. The van der Waals surface area contributed by atoms with Crippen LogP contribution in [-0.2, 0) is 15.1 Å². The molecule has 3 rings (SSSR count). The van der Waals surface area contributed by atoms with Crippen LogP contribution in [0.25, 0.3) is 0 Å². The molecule has 3 aromatic rings. The number of nitrogens with one attached hydrogen (secondary N) is 2. The van der Waals surface area contributed by atoms with Gasteiger partial charge in [-0.15, -0.1) is 6.42 Å². The van der Waals surface area contributed by atoms with E-state index in [4.69, 9.17) is 11.2 Å². The van der Waals surface area contributed by atoms with E-state index in [1.54, 1.807) is 20.8 Å². The smallest absolute Gasteiger partial charge is 0.408 e. The van der Waals surface area contributed by atoms with E-state index >= 15 is 0 Å². The molecule has 2 amide bonds. The standard InChI is InChI=1S/C29H30N2O3/c1-5-25(30-27(33)34-28(2,3)4)21-26(32)31-29(22-15-9-6-10-16-22,23-17-11-7-12-18-23)24-19-13-8-14-20-24/h1,6-20,25H,21H2,2-4H3,(H,30,33)(H,31,32)/t25-/m1/s1. The molecule has 0 unspecified atom stereocenters. The van der Waals surface area contributed by atoms with Crippen molar-refractivity contribution in [3.05, 3.63) is 108 Å². The van der Waals surface area contributed by atoms with Crippen LogP contribution in [0.2, 0.25) is 0 Å². The summed E-state index contributed by atoms with van der Waals surface area (Å²) in [5.41, 5.74) is 1.08. The molecule has 0 aromatic heterocycles. The Hall–Kier alpha value is -4.04. The van der Waals surface area contributed by atoms with Gasteiger partial charge in [0.1, 0.15) is 17.2 Å². The van der Waals surface area contributed by atoms with E-state index in [0.717, 1.165) is 16.7 Å². The van der Waals surface area contributed by atoms with E-state index in [0.29, 0.717) is 0 Å². The molecule has 0 aliphatic carbocycles. The molecule has 0 heterocycles. The molecule has 0 aliphatic heterocycles. The molecule has 0 aliphatic rings. The van der Waals surface area contributed by atoms with Crippen molar-refractivity contribution in [2.75, 3.05) is 0 Å². The predicted octanol–water partition coefficient (Wildman–Crippen LogP) is 5.01. The van der Waals surface area contributed by atoms with Gasteiger partial charge < -0.3 is 15.4 Å². The third-order valence-electron chi connectivity index (χ3n) is 5.23. The molecule has 5 heteroatoms. The van der Waals surface area contributed by atoms with E-state index < -0.39 is 23.3 Å². The second-order valence-corrected chi connectivity index (χ2v) is 8.97. The van der Waals surface area contributed by atoms with Gasteiger partial charge >= 0.3 is 6.09 Å². The van der Waals surface area contributed by atoms with Gasteiger partial charge in [0.2, 0.25) is 5.91 Å². The van der Waals surface area contributed by atoms with Gasteiger partial charge in [0, 0.05) is 0 Å². The van der Waals surface area contributed by atoms with E-state index in [9.17, 15) is 9.59 Å². The lowest BCUT2D eigenvalue weighted by atomic mass is 9.77. The third-order valence-corrected chi connectivity index (χ3v) is 5.23. The average Bonchev–Trinajstić information content (AvgIpc) is 2.82. The monoisotopic (exact) mass is 454 g/mol. The summed E-state index contributed by atoms with van der Waals surface area (Å²) in [6, 6.07) is 28.5. The highest BCUT2D eigenvalue weighted by molar-refractivity contribution is 5.81. The van der Waals surface area contributed by atoms with Gasteiger partial charge in [-0.1, -0.05) is 96.9 Å². The topological polar surface area (TPSA) is 67.4 Å². The lowest BCUT2D eigenvalue weighted by Crippen LogP contribution is -2.49. The lowest BCUT2D eigenvalue weighted by Gasteiger charge is -2.37. The number of carbonyl (C=O) groups excluding carboxylic acids is 2. The quantitative estimate of drug-likeness (QED) is 0.390. The summed E-state index contributed by atoms with van der Waals surface area (Å²) in [5.74, 6) is 2.17. The molecule has 0 spiro atoms. The highest BCUT2D eigenvalue weighted by atomic mass is 16.6. The molecule has 2 N–H and O–H groups in total. The van der Waals surface area contributed by atoms with Crippen LogP contribution in [0.1, 0.15) is 43.9 Å². The number of rotatable bonds is 7. The maximum atomic E-state index is 13.4. The van der Waals surface area contributed by atoms with Gasteiger partial charge in [0.15, 0.2) is 0 Å². The minimum atomic E-state index is -0.952. The van der Waals surface area contributed by atoms with Crippen molar-refractivity contribution in [3.8, 4) is 12.3 Å². The average molecular weight is 455 g/mol. The number of amides is 2. The van der Waals surface area contributed by atoms with Crippen LogP contribution in [0.4, 0.5) is 4.79 Å². The summed E-state index contributed by atoms with van der Waals surface area (Å²) in [5, 5.41) is 5.84. The first-order valence-electron chi connectivity index (χ1n) is 11.2. The van der Waals surface area contributed by atoms with Crippen molar-refractivity contribution in [1.29, 1.82) is 0 Å². The number of hydrogen-bond donors (Lipinski definition) is 2. The largest absolute Gasteiger partial charge is 0.444 e. The summed E-state index contributed by atoms with van der Waals surface area (Å²) >= 11 is 0. The van der Waals surface area contributed by atoms with E-state index in [1.807, 2.05) is 91.0 Å². The van der Waals surface area contributed by atoms with Crippen molar-refractivity contribution in [2.45, 2.75) is 44.4 Å². The van der Waals surface area contributed by atoms with Crippen LogP contribution < -0.4 is 10.6 Å². The molecule has 0 fully saturated rings. The molecule has 1 atom stereocenters. The zero-order chi connectivity index (χ0) is 24.6. The highest BCUT2D eigenvalue weighted by Gasteiger charge is 2.38. The summed E-state index contributed by atoms with van der Waals surface area (Å²) in [4.78, 5) is 25.6. The SMILES string of the molecule is C#C[C@H](CC(=O)NC(c1ccccc1)(c1ccccc1)c1ccccc1)NC(=O)OC(C)(C)C. The Bertz CT molecular complexity index is 1030. The van der Waals surface area contributed by atoms with E-state index in [2.05, 4.69) is 16.6 Å². The van der Waals surface area contributed by atoms with Crippen molar-refractivity contribution in [2.24, 2.45) is 0 Å². The number of ether oxygens (including phenoxy) is 1. The molecule has 3 aromatic carbocycles. The lowest BCUT2D eigenvalue weighted by molar-refractivity contribution is -0.122. The van der Waals surface area contributed by atoms with Crippen LogP contribution in [0.15, 0.2) is 91.0 Å². The second-order valence-electron chi connectivity index (χ2n) is 8.97. The van der Waals surface area contributed by atoms with E-state index in [1.165, 1.54) is 0 Å². The maximum Gasteiger partial charge on any atom is 0.408 e. The van der Waals surface area contributed by atoms with Crippen LogP contribution in [-0.4, -0.2) is 23.6 Å². The summed E-state index contributed by atoms with van der Waals surface area (Å²) in [7, 11) is 0. The number of terminal acetylenes is 1. The molecule has 5 nitrogen and oxygen atoms in total. The van der Waals surface area contributed by atoms with Crippen LogP contribution in [0, 0.1) is 12.3 Å². The number of carbonyl (C=O) groups is 2. The third kappa shape index (κ3) is 6.05. The molecule has 174 valence electrons. The summed E-state index contributed by atoms with van der Waals surface area (Å²) in [6.07, 6.45) is 4.86. The molecule has 0 radical (unpaired) electrons. The molecular formula is C29H30N2O3. The first-order chi connectivity index (χ1) is 16.2. The first-order valence-corrected chi connectivity index (χ1v) is 11.2. The Balaban J connectivity index is 1.97. The Morgan fingerprint density at radius 2 is 1.24 bits per heavy atom. The Morgan fingerprint density at radius 3 is 1.59 bits per heavy atom. The van der Waals surface area contributed by atoms with Gasteiger partial charge in [-0.3, -0.25) is 4.79 Å². The van der Waals surface area contributed by atoms with E-state index in [-0.39, 0.29) is 12.3 Å². The minimum absolute atomic E-state index is 0.107. The second kappa shape index (κ2) is 10.7. The summed E-state index contributed by atoms with van der Waals surface area (Å²) in [6.45, 7) is 5.29. The molecule has 0 saturated carbocycles. The predicted molar refractivity (Wildman–Crippen MR) is 134 cm³/mol. The zero-order valence-corrected chi connectivity index (χ0v) is 19.7. The van der Waals surface area contributed by atoms with Gasteiger partial charge in [0.05, 0.1) is 6.42 Å². The maximum absolute atomic E-state index is 13.4. The summed E-state index contributed by atoms with van der Waals surface area (Å²) < 4.78 is 5.28. The van der Waals surface area contributed by atoms with Crippen molar-refractivity contribution < 1.29 is 14.3 Å². The van der Waals surface area contributed by atoms with Gasteiger partial charge in [-0.2, -0.15) is 0 Å². The number of hydrogen-bond acceptors (Lipinski definition) is 3. The molecule has 34 heavy (non-hydrogen) atoms. The minimum Gasteiger partial charge on any atom is -0.444 e. The van der Waals surface area contributed by atoms with Crippen molar-refractivity contribution in [1.82, 2.24) is 10.6 Å². The fourth-order valence-electron chi connectivity index (χ4n) is 3.83. The van der Waals surface area contributed by atoms with Gasteiger partial charge in [-0.25, -0.2) is 4.79 Å². The fraction of sp³-hybridized carbons (Fsp3) is 0.241. The Labute approximate surface area is 201 Å². The zero-order valence-electron chi connectivity index (χ0n) is 19.7. The first kappa shape index (κ1) is 24.6. The van der Waals surface area contributed by atoms with Gasteiger partial charge in [-0.05, 0) is 37.5 Å². The van der Waals surface area contributed by atoms with Gasteiger partial charge in [0.25, 0.3) is 0 Å². The molecule has 0 bridgehead atoms. The van der Waals surface area contributed by atoms with Crippen molar-refractivity contribution in [3.63, 3.8) is 0 Å². The van der Waals surface area contributed by atoms with Crippen LogP contribution in [0.3, 0.4) is 0 Å². The molecule has 0 saturated heterocycles. The Kier molecular flexibility index (Phi) is 7.75. The highest BCUT2D eigenvalue weighted by Crippen LogP contribution is 2.36. The van der Waals surface area contributed by atoms with Crippen LogP contribution in [0.5, 0.6) is 0 Å². The number of alkyl carbamates (subject to hydrolysis) is 1. The Morgan fingerprint density at radius 1 is 0.824 bits per heavy atom. The van der Waals surface area contributed by atoms with Crippen molar-refractivity contribution >= 4 is 12.0 Å². The fourth-order valence-corrected chi connectivity index (χ4v) is 3.83.